The number of ether oxygens (including phenoxy) is 3. The van der Waals surface area contributed by atoms with Crippen molar-refractivity contribution < 1.29 is 14.2 Å². The van der Waals surface area contributed by atoms with Crippen molar-refractivity contribution in [3.05, 3.63) is 39.6 Å². The summed E-state index contributed by atoms with van der Waals surface area (Å²) in [5.41, 5.74) is 0.995. The number of methoxy groups -OCH3 is 3. The van der Waals surface area contributed by atoms with Crippen LogP contribution in [0.5, 0.6) is 17.2 Å². The maximum atomic E-state index is 5.50. The van der Waals surface area contributed by atoms with E-state index >= 15 is 0 Å². The van der Waals surface area contributed by atoms with Crippen LogP contribution >= 0.6 is 11.3 Å². The van der Waals surface area contributed by atoms with Crippen molar-refractivity contribution in [1.82, 2.24) is 10.6 Å². The first-order valence-corrected chi connectivity index (χ1v) is 9.77. The molecule has 148 valence electrons. The average Bonchev–Trinajstić information content (AvgIpc) is 3.18. The predicted molar refractivity (Wildman–Crippen MR) is 112 cm³/mol. The third-order valence-corrected chi connectivity index (χ3v) is 5.43. The molecule has 1 heterocycles. The molecule has 6 nitrogen and oxygen atoms in total. The van der Waals surface area contributed by atoms with Gasteiger partial charge in [0.1, 0.15) is 17.2 Å². The summed E-state index contributed by atoms with van der Waals surface area (Å²) in [6.07, 6.45) is 1.80. The third kappa shape index (κ3) is 5.79. The summed E-state index contributed by atoms with van der Waals surface area (Å²) in [4.78, 5) is 6.99. The molecular formula is C20H29N3O3S. The highest BCUT2D eigenvalue weighted by Gasteiger charge is 2.13. The summed E-state index contributed by atoms with van der Waals surface area (Å²) in [5.74, 6) is 2.98. The molecule has 1 aromatic heterocycles. The molecule has 7 heteroatoms. The van der Waals surface area contributed by atoms with Crippen LogP contribution in [0, 0.1) is 0 Å². The Morgan fingerprint density at radius 2 is 1.67 bits per heavy atom. The van der Waals surface area contributed by atoms with Gasteiger partial charge in [0.2, 0.25) is 0 Å². The third-order valence-electron chi connectivity index (χ3n) is 4.20. The van der Waals surface area contributed by atoms with E-state index in [9.17, 15) is 0 Å². The minimum Gasteiger partial charge on any atom is -0.496 e. The van der Waals surface area contributed by atoms with Gasteiger partial charge in [-0.15, -0.1) is 11.3 Å². The van der Waals surface area contributed by atoms with Gasteiger partial charge < -0.3 is 24.8 Å². The monoisotopic (exact) mass is 391 g/mol. The van der Waals surface area contributed by atoms with Crippen molar-refractivity contribution >= 4 is 17.3 Å². The molecule has 0 amide bonds. The molecule has 2 N–H and O–H groups in total. The van der Waals surface area contributed by atoms with Crippen LogP contribution in [0.2, 0.25) is 0 Å². The number of hydrogen-bond acceptors (Lipinski definition) is 5. The van der Waals surface area contributed by atoms with E-state index in [-0.39, 0.29) is 0 Å². The van der Waals surface area contributed by atoms with E-state index in [1.54, 1.807) is 28.4 Å². The molecule has 0 bridgehead atoms. The summed E-state index contributed by atoms with van der Waals surface area (Å²) in [5, 5.41) is 6.69. The molecular weight excluding hydrogens is 362 g/mol. The molecule has 0 spiro atoms. The van der Waals surface area contributed by atoms with Crippen molar-refractivity contribution in [3.8, 4) is 17.2 Å². The van der Waals surface area contributed by atoms with Gasteiger partial charge >= 0.3 is 0 Å². The molecule has 27 heavy (non-hydrogen) atoms. The zero-order valence-corrected chi connectivity index (χ0v) is 17.5. The Hall–Kier alpha value is -2.41. The number of benzene rings is 1. The lowest BCUT2D eigenvalue weighted by atomic mass is 10.1. The zero-order valence-electron chi connectivity index (χ0n) is 16.7. The minimum atomic E-state index is 0.698. The van der Waals surface area contributed by atoms with E-state index < -0.39 is 0 Å². The molecule has 0 radical (unpaired) electrons. The summed E-state index contributed by atoms with van der Waals surface area (Å²) in [7, 11) is 6.70. The van der Waals surface area contributed by atoms with E-state index in [4.69, 9.17) is 14.2 Å². The van der Waals surface area contributed by atoms with Crippen LogP contribution in [0.1, 0.15) is 22.2 Å². The second kappa shape index (κ2) is 10.7. The van der Waals surface area contributed by atoms with Crippen LogP contribution in [0.25, 0.3) is 0 Å². The summed E-state index contributed by atoms with van der Waals surface area (Å²) in [6.45, 7) is 3.63. The smallest absolute Gasteiger partial charge is 0.191 e. The van der Waals surface area contributed by atoms with E-state index in [2.05, 4.69) is 34.7 Å². The Labute approximate surface area is 165 Å². The van der Waals surface area contributed by atoms with E-state index in [1.165, 1.54) is 9.75 Å². The maximum Gasteiger partial charge on any atom is 0.191 e. The number of nitrogens with zero attached hydrogens (tertiary/aromatic N) is 1. The quantitative estimate of drug-likeness (QED) is 0.507. The average molecular weight is 392 g/mol. The molecule has 0 unspecified atom stereocenters. The van der Waals surface area contributed by atoms with Crippen LogP contribution < -0.4 is 24.8 Å². The number of thiophene rings is 1. The number of aliphatic imine (C=N–C) groups is 1. The molecule has 0 aliphatic rings. The first-order chi connectivity index (χ1) is 13.1. The Morgan fingerprint density at radius 3 is 2.19 bits per heavy atom. The first-order valence-electron chi connectivity index (χ1n) is 8.96. The minimum absolute atomic E-state index is 0.698. The summed E-state index contributed by atoms with van der Waals surface area (Å²) in [6, 6.07) is 8.08. The molecule has 0 fully saturated rings. The van der Waals surface area contributed by atoms with Crippen molar-refractivity contribution in [1.29, 1.82) is 0 Å². The number of aryl methyl sites for hydroxylation is 1. The second-order valence-corrected chi connectivity index (χ2v) is 7.09. The first kappa shape index (κ1) is 20.9. The van der Waals surface area contributed by atoms with Crippen LogP contribution in [0.15, 0.2) is 29.3 Å². The number of hydrogen-bond donors (Lipinski definition) is 2. The maximum absolute atomic E-state index is 5.50. The molecule has 2 rings (SSSR count). The fraction of sp³-hybridized carbons (Fsp3) is 0.450. The highest BCUT2D eigenvalue weighted by atomic mass is 32.1. The normalized spacial score (nSPS) is 11.2. The number of guanidine groups is 1. The van der Waals surface area contributed by atoms with Crippen molar-refractivity contribution in [3.63, 3.8) is 0 Å². The van der Waals surface area contributed by atoms with E-state index in [0.29, 0.717) is 12.3 Å². The molecule has 0 aliphatic carbocycles. The summed E-state index contributed by atoms with van der Waals surface area (Å²) >= 11 is 1.83. The fourth-order valence-electron chi connectivity index (χ4n) is 2.73. The van der Waals surface area contributed by atoms with Gasteiger partial charge in [0.05, 0.1) is 27.9 Å². The van der Waals surface area contributed by atoms with Crippen LogP contribution in [-0.2, 0) is 19.4 Å². The standard InChI is InChI=1S/C20H29N3O3S/c1-6-15-7-8-16(27-15)13-23-20(21-2)22-10-9-17-18(25-4)11-14(24-3)12-19(17)26-5/h7-8,11-12H,6,9-10,13H2,1-5H3,(H2,21,22,23). The van der Waals surface area contributed by atoms with Crippen molar-refractivity contribution in [2.45, 2.75) is 26.3 Å². The van der Waals surface area contributed by atoms with Gasteiger partial charge in [0.15, 0.2) is 5.96 Å². The molecule has 0 aliphatic heterocycles. The fourth-order valence-corrected chi connectivity index (χ4v) is 3.63. The Kier molecular flexibility index (Phi) is 8.26. The molecule has 1 aromatic carbocycles. The van der Waals surface area contributed by atoms with E-state index in [1.807, 2.05) is 23.5 Å². The molecule has 2 aromatic rings. The van der Waals surface area contributed by atoms with Crippen LogP contribution in [0.4, 0.5) is 0 Å². The van der Waals surface area contributed by atoms with Gasteiger partial charge in [0, 0.05) is 41.0 Å². The lowest BCUT2D eigenvalue weighted by Gasteiger charge is -2.16. The number of rotatable bonds is 9. The predicted octanol–water partition coefficient (Wildman–Crippen LogP) is 3.24. The largest absolute Gasteiger partial charge is 0.496 e. The van der Waals surface area contributed by atoms with Crippen molar-refractivity contribution in [2.24, 2.45) is 4.99 Å². The highest BCUT2D eigenvalue weighted by molar-refractivity contribution is 7.11. The lowest BCUT2D eigenvalue weighted by Crippen LogP contribution is -2.37. The Balaban J connectivity index is 1.93. The van der Waals surface area contributed by atoms with Gasteiger partial charge in [-0.3, -0.25) is 4.99 Å². The topological polar surface area (TPSA) is 64.1 Å². The zero-order chi connectivity index (χ0) is 19.6. The lowest BCUT2D eigenvalue weighted by molar-refractivity contribution is 0.368. The Morgan fingerprint density at radius 1 is 1.00 bits per heavy atom. The van der Waals surface area contributed by atoms with Crippen LogP contribution in [-0.4, -0.2) is 40.9 Å². The van der Waals surface area contributed by atoms with Gasteiger partial charge in [-0.2, -0.15) is 0 Å². The highest BCUT2D eigenvalue weighted by Crippen LogP contribution is 2.34. The summed E-state index contributed by atoms with van der Waals surface area (Å²) < 4.78 is 16.3. The van der Waals surface area contributed by atoms with Gasteiger partial charge in [-0.05, 0) is 25.0 Å². The molecule has 0 saturated carbocycles. The second-order valence-electron chi connectivity index (χ2n) is 5.83. The SMILES string of the molecule is CCc1ccc(CNC(=NC)NCCc2c(OC)cc(OC)cc2OC)s1. The van der Waals surface area contributed by atoms with Gasteiger partial charge in [-0.25, -0.2) is 0 Å². The van der Waals surface area contributed by atoms with Crippen LogP contribution in [0.3, 0.4) is 0 Å². The Bertz CT molecular complexity index is 734. The number of nitrogens with one attached hydrogen (secondary N) is 2. The van der Waals surface area contributed by atoms with E-state index in [0.717, 1.165) is 42.4 Å². The van der Waals surface area contributed by atoms with Gasteiger partial charge in [0.25, 0.3) is 0 Å². The molecule has 0 atom stereocenters. The molecule has 0 saturated heterocycles. The van der Waals surface area contributed by atoms with Gasteiger partial charge in [-0.1, -0.05) is 6.92 Å². The van der Waals surface area contributed by atoms with Crippen molar-refractivity contribution in [2.75, 3.05) is 34.9 Å².